The maximum absolute atomic E-state index is 12.1. The molecule has 0 radical (unpaired) electrons. The molecule has 1 rings (SSSR count). The lowest BCUT2D eigenvalue weighted by Gasteiger charge is -1.85. The van der Waals surface area contributed by atoms with E-state index in [9.17, 15) is 4.39 Å². The number of hydrogen-bond acceptors (Lipinski definition) is 0. The quantitative estimate of drug-likeness (QED) is 0.601. The third-order valence-electron chi connectivity index (χ3n) is 0.804. The van der Waals surface area contributed by atoms with E-state index in [0.29, 0.717) is 0 Å². The Morgan fingerprint density at radius 3 is 1.89 bits per heavy atom. The van der Waals surface area contributed by atoms with Gasteiger partial charge in [-0.2, -0.15) is 0 Å². The molecule has 0 saturated carbocycles. The Kier molecular flexibility index (Phi) is 3.42. The Bertz CT molecular complexity index is 152. The zero-order valence-electron chi connectivity index (χ0n) is 4.57. The maximum Gasteiger partial charge on any atom is 0.123 e. The second-order valence-corrected chi connectivity index (χ2v) is 2.35. The van der Waals surface area contributed by atoms with Crippen molar-refractivity contribution in [2.75, 3.05) is 0 Å². The SMILES string of the molecule is Fc1ccc(Br)cc1.O. The van der Waals surface area contributed by atoms with Crippen LogP contribution in [-0.4, -0.2) is 5.48 Å². The second kappa shape index (κ2) is 3.58. The van der Waals surface area contributed by atoms with Crippen molar-refractivity contribution in [2.45, 2.75) is 0 Å². The minimum absolute atomic E-state index is 0. The molecule has 0 saturated heterocycles. The number of rotatable bonds is 0. The van der Waals surface area contributed by atoms with Crippen LogP contribution in [0, 0.1) is 5.82 Å². The molecule has 0 amide bonds. The Hall–Kier alpha value is -0.410. The van der Waals surface area contributed by atoms with Crippen LogP contribution in [0.25, 0.3) is 0 Å². The van der Waals surface area contributed by atoms with Gasteiger partial charge in [-0.1, -0.05) is 15.9 Å². The molecule has 1 aromatic rings. The normalized spacial score (nSPS) is 8.22. The summed E-state index contributed by atoms with van der Waals surface area (Å²) in [5, 5.41) is 0. The fourth-order valence-corrected chi connectivity index (χ4v) is 0.694. The minimum atomic E-state index is -0.201. The molecule has 0 atom stereocenters. The van der Waals surface area contributed by atoms with Gasteiger partial charge in [0.05, 0.1) is 0 Å². The average molecular weight is 193 g/mol. The fraction of sp³-hybridized carbons (Fsp3) is 0. The van der Waals surface area contributed by atoms with E-state index in [4.69, 9.17) is 0 Å². The molecule has 50 valence electrons. The van der Waals surface area contributed by atoms with E-state index in [1.807, 2.05) is 0 Å². The molecule has 0 heterocycles. The highest BCUT2D eigenvalue weighted by Crippen LogP contribution is 2.08. The van der Waals surface area contributed by atoms with Crippen LogP contribution in [0.15, 0.2) is 28.7 Å². The molecule has 0 aliphatic rings. The van der Waals surface area contributed by atoms with E-state index >= 15 is 0 Å². The summed E-state index contributed by atoms with van der Waals surface area (Å²) in [4.78, 5) is 0. The number of halogens is 2. The first-order valence-electron chi connectivity index (χ1n) is 2.20. The van der Waals surface area contributed by atoms with Crippen LogP contribution < -0.4 is 0 Å². The lowest BCUT2D eigenvalue weighted by atomic mass is 10.4. The molecular formula is C6H6BrFO. The van der Waals surface area contributed by atoms with Crippen molar-refractivity contribution in [3.05, 3.63) is 34.6 Å². The van der Waals surface area contributed by atoms with E-state index in [2.05, 4.69) is 15.9 Å². The van der Waals surface area contributed by atoms with Crippen LogP contribution in [0.4, 0.5) is 4.39 Å². The first kappa shape index (κ1) is 8.59. The van der Waals surface area contributed by atoms with Crippen LogP contribution in [0.5, 0.6) is 0 Å². The highest BCUT2D eigenvalue weighted by Gasteiger charge is 1.84. The molecule has 9 heavy (non-hydrogen) atoms. The van der Waals surface area contributed by atoms with Gasteiger partial charge in [0.25, 0.3) is 0 Å². The molecular weight excluding hydrogens is 187 g/mol. The Morgan fingerprint density at radius 1 is 1.11 bits per heavy atom. The summed E-state index contributed by atoms with van der Waals surface area (Å²) < 4.78 is 13.0. The van der Waals surface area contributed by atoms with Crippen LogP contribution >= 0.6 is 15.9 Å². The highest BCUT2D eigenvalue weighted by atomic mass is 79.9. The van der Waals surface area contributed by atoms with Crippen molar-refractivity contribution >= 4 is 15.9 Å². The number of hydrogen-bond donors (Lipinski definition) is 0. The minimum Gasteiger partial charge on any atom is -0.412 e. The van der Waals surface area contributed by atoms with Crippen LogP contribution in [-0.2, 0) is 0 Å². The summed E-state index contributed by atoms with van der Waals surface area (Å²) in [6.07, 6.45) is 0. The number of benzene rings is 1. The highest BCUT2D eigenvalue weighted by molar-refractivity contribution is 9.10. The molecule has 0 aromatic heterocycles. The standard InChI is InChI=1S/C6H4BrF.H2O/c7-5-1-3-6(8)4-2-5;/h1-4H;1H2. The van der Waals surface area contributed by atoms with Crippen LogP contribution in [0.1, 0.15) is 0 Å². The Balaban J connectivity index is 0.000000640. The summed E-state index contributed by atoms with van der Waals surface area (Å²) in [6.45, 7) is 0. The zero-order valence-corrected chi connectivity index (χ0v) is 6.15. The topological polar surface area (TPSA) is 31.5 Å². The summed E-state index contributed by atoms with van der Waals surface area (Å²) in [7, 11) is 0. The molecule has 0 aliphatic carbocycles. The third-order valence-corrected chi connectivity index (χ3v) is 1.33. The first-order chi connectivity index (χ1) is 3.79. The van der Waals surface area contributed by atoms with Crippen molar-refractivity contribution in [3.63, 3.8) is 0 Å². The van der Waals surface area contributed by atoms with E-state index < -0.39 is 0 Å². The van der Waals surface area contributed by atoms with Gasteiger partial charge in [-0.3, -0.25) is 0 Å². The molecule has 0 spiro atoms. The molecule has 3 heteroatoms. The zero-order chi connectivity index (χ0) is 5.98. The predicted octanol–water partition coefficient (Wildman–Crippen LogP) is 1.76. The van der Waals surface area contributed by atoms with Gasteiger partial charge in [-0.15, -0.1) is 0 Å². The van der Waals surface area contributed by atoms with E-state index in [0.717, 1.165) is 4.47 Å². The Labute approximate surface area is 60.9 Å². The van der Waals surface area contributed by atoms with E-state index in [1.54, 1.807) is 12.1 Å². The second-order valence-electron chi connectivity index (χ2n) is 1.44. The average Bonchev–Trinajstić information content (AvgIpc) is 1.77. The predicted molar refractivity (Wildman–Crippen MR) is 37.7 cm³/mol. The van der Waals surface area contributed by atoms with Gasteiger partial charge in [0, 0.05) is 4.47 Å². The fourth-order valence-electron chi connectivity index (χ4n) is 0.430. The van der Waals surface area contributed by atoms with Gasteiger partial charge in [-0.25, -0.2) is 4.39 Å². The van der Waals surface area contributed by atoms with Crippen molar-refractivity contribution in [1.82, 2.24) is 0 Å². The van der Waals surface area contributed by atoms with Gasteiger partial charge in [0.15, 0.2) is 0 Å². The Morgan fingerprint density at radius 2 is 1.56 bits per heavy atom. The van der Waals surface area contributed by atoms with Crippen molar-refractivity contribution in [2.24, 2.45) is 0 Å². The van der Waals surface area contributed by atoms with Gasteiger partial charge < -0.3 is 5.48 Å². The molecule has 1 nitrogen and oxygen atoms in total. The van der Waals surface area contributed by atoms with E-state index in [-0.39, 0.29) is 11.3 Å². The monoisotopic (exact) mass is 192 g/mol. The van der Waals surface area contributed by atoms with Crippen molar-refractivity contribution in [3.8, 4) is 0 Å². The van der Waals surface area contributed by atoms with Gasteiger partial charge >= 0.3 is 0 Å². The van der Waals surface area contributed by atoms with Gasteiger partial charge in [0.2, 0.25) is 0 Å². The molecule has 0 unspecified atom stereocenters. The molecule has 2 N–H and O–H groups in total. The lowest BCUT2D eigenvalue weighted by molar-refractivity contribution is 0.627. The molecule has 1 aromatic carbocycles. The maximum atomic E-state index is 12.1. The summed E-state index contributed by atoms with van der Waals surface area (Å²) in [5.74, 6) is -0.201. The summed E-state index contributed by atoms with van der Waals surface area (Å²) in [5.41, 5.74) is 0. The molecule has 0 bridgehead atoms. The van der Waals surface area contributed by atoms with Crippen LogP contribution in [0.3, 0.4) is 0 Å². The third kappa shape index (κ3) is 2.58. The molecule has 0 fully saturated rings. The van der Waals surface area contributed by atoms with Crippen LogP contribution in [0.2, 0.25) is 0 Å². The van der Waals surface area contributed by atoms with E-state index in [1.165, 1.54) is 12.1 Å². The smallest absolute Gasteiger partial charge is 0.123 e. The lowest BCUT2D eigenvalue weighted by Crippen LogP contribution is -1.67. The van der Waals surface area contributed by atoms with Crippen molar-refractivity contribution < 1.29 is 9.87 Å². The first-order valence-corrected chi connectivity index (χ1v) is 2.99. The summed E-state index contributed by atoms with van der Waals surface area (Å²) >= 11 is 3.18. The van der Waals surface area contributed by atoms with Gasteiger partial charge in [-0.05, 0) is 24.3 Å². The largest absolute Gasteiger partial charge is 0.412 e. The van der Waals surface area contributed by atoms with Gasteiger partial charge in [0.1, 0.15) is 5.82 Å². The summed E-state index contributed by atoms with van der Waals surface area (Å²) in [6, 6.07) is 6.14. The van der Waals surface area contributed by atoms with Crippen molar-refractivity contribution in [1.29, 1.82) is 0 Å². The molecule has 0 aliphatic heterocycles.